The van der Waals surface area contributed by atoms with Gasteiger partial charge in [0.05, 0.1) is 16.7 Å². The Bertz CT molecular complexity index is 534. The Hall–Kier alpha value is -0.470. The number of alkyl halides is 1. The normalized spacial score (nSPS) is 11.1. The predicted octanol–water partition coefficient (Wildman–Crippen LogP) is 2.88. The van der Waals surface area contributed by atoms with Crippen molar-refractivity contribution in [1.82, 2.24) is 0 Å². The Morgan fingerprint density at radius 3 is 2.40 bits per heavy atom. The summed E-state index contributed by atoms with van der Waals surface area (Å²) in [6.07, 6.45) is 0. The second-order valence-corrected chi connectivity index (χ2v) is 5.83. The first-order chi connectivity index (χ1) is 6.90. The Kier molecular flexibility index (Phi) is 3.85. The average Bonchev–Trinajstić information content (AvgIpc) is 2.15. The molecule has 1 rings (SSSR count). The van der Waals surface area contributed by atoms with E-state index in [2.05, 4.69) is 0 Å². The Balaban J connectivity index is 3.55. The van der Waals surface area contributed by atoms with E-state index in [9.17, 15) is 8.42 Å². The molecule has 0 aliphatic carbocycles. The molecule has 0 saturated heterocycles. The van der Waals surface area contributed by atoms with Crippen LogP contribution in [0.5, 0.6) is 0 Å². The fourth-order valence-corrected chi connectivity index (χ4v) is 2.76. The molecule has 0 aliphatic rings. The zero-order valence-electron chi connectivity index (χ0n) is 7.17. The molecule has 0 fully saturated rings. The second kappa shape index (κ2) is 4.58. The zero-order chi connectivity index (χ0) is 11.6. The standard InChI is InChI=1S/C8H4Cl3NO2S/c9-3-5-1-7(10)8(15(11,13)14)2-6(5)4-12/h1-2H,3H2. The lowest BCUT2D eigenvalue weighted by Gasteiger charge is -2.04. The summed E-state index contributed by atoms with van der Waals surface area (Å²) in [7, 11) is 1.19. The van der Waals surface area contributed by atoms with Gasteiger partial charge in [-0.3, -0.25) is 0 Å². The molecule has 0 unspecified atom stereocenters. The van der Waals surface area contributed by atoms with E-state index in [-0.39, 0.29) is 21.4 Å². The van der Waals surface area contributed by atoms with Crippen molar-refractivity contribution in [3.63, 3.8) is 0 Å². The molecule has 1 aromatic carbocycles. The van der Waals surface area contributed by atoms with E-state index < -0.39 is 9.05 Å². The fourth-order valence-electron chi connectivity index (χ4n) is 0.996. The lowest BCUT2D eigenvalue weighted by Crippen LogP contribution is -1.96. The van der Waals surface area contributed by atoms with Crippen LogP contribution >= 0.6 is 33.9 Å². The molecule has 0 heterocycles. The summed E-state index contributed by atoms with van der Waals surface area (Å²) in [6.45, 7) is 0. The molecule has 0 amide bonds. The van der Waals surface area contributed by atoms with Crippen LogP contribution in [0.1, 0.15) is 11.1 Å². The summed E-state index contributed by atoms with van der Waals surface area (Å²) in [5.41, 5.74) is 0.613. The van der Waals surface area contributed by atoms with Gasteiger partial charge in [0.2, 0.25) is 0 Å². The highest BCUT2D eigenvalue weighted by Crippen LogP contribution is 2.28. The fraction of sp³-hybridized carbons (Fsp3) is 0.125. The first-order valence-electron chi connectivity index (χ1n) is 3.63. The van der Waals surface area contributed by atoms with Crippen LogP contribution in [-0.2, 0) is 14.9 Å². The SMILES string of the molecule is N#Cc1cc(S(=O)(=O)Cl)c(Cl)cc1CCl. The largest absolute Gasteiger partial charge is 0.262 e. The Labute approximate surface area is 102 Å². The topological polar surface area (TPSA) is 57.9 Å². The summed E-state index contributed by atoms with van der Waals surface area (Å²) >= 11 is 11.2. The maximum Gasteiger partial charge on any atom is 0.262 e. The Morgan fingerprint density at radius 2 is 2.00 bits per heavy atom. The van der Waals surface area contributed by atoms with Crippen LogP contribution in [0.4, 0.5) is 0 Å². The van der Waals surface area contributed by atoms with Gasteiger partial charge in [0.1, 0.15) is 4.90 Å². The molecule has 0 bridgehead atoms. The summed E-state index contributed by atoms with van der Waals surface area (Å²) in [6, 6.07) is 4.26. The molecular formula is C8H4Cl3NO2S. The molecule has 0 N–H and O–H groups in total. The van der Waals surface area contributed by atoms with E-state index in [1.807, 2.05) is 6.07 Å². The third-order valence-electron chi connectivity index (χ3n) is 1.68. The zero-order valence-corrected chi connectivity index (χ0v) is 10.3. The van der Waals surface area contributed by atoms with Crippen molar-refractivity contribution in [3.05, 3.63) is 28.3 Å². The maximum atomic E-state index is 11.1. The second-order valence-electron chi connectivity index (χ2n) is 2.62. The molecule has 0 atom stereocenters. The van der Waals surface area contributed by atoms with Crippen molar-refractivity contribution in [2.75, 3.05) is 0 Å². The number of hydrogen-bond donors (Lipinski definition) is 0. The molecule has 7 heteroatoms. The van der Waals surface area contributed by atoms with Crippen LogP contribution in [0, 0.1) is 11.3 Å². The van der Waals surface area contributed by atoms with E-state index in [0.29, 0.717) is 5.56 Å². The van der Waals surface area contributed by atoms with E-state index >= 15 is 0 Å². The van der Waals surface area contributed by atoms with Gasteiger partial charge in [0.25, 0.3) is 9.05 Å². The monoisotopic (exact) mass is 283 g/mol. The average molecular weight is 285 g/mol. The summed E-state index contributed by atoms with van der Waals surface area (Å²) < 4.78 is 22.1. The molecule has 0 aromatic heterocycles. The Morgan fingerprint density at radius 1 is 1.40 bits per heavy atom. The van der Waals surface area contributed by atoms with Crippen molar-refractivity contribution < 1.29 is 8.42 Å². The van der Waals surface area contributed by atoms with Gasteiger partial charge >= 0.3 is 0 Å². The molecule has 3 nitrogen and oxygen atoms in total. The lowest BCUT2D eigenvalue weighted by molar-refractivity contribution is 0.609. The molecule has 80 valence electrons. The van der Waals surface area contributed by atoms with Gasteiger partial charge in [-0.05, 0) is 17.7 Å². The van der Waals surface area contributed by atoms with Crippen LogP contribution < -0.4 is 0 Å². The quantitative estimate of drug-likeness (QED) is 0.620. The number of rotatable bonds is 2. The maximum absolute atomic E-state index is 11.1. The highest BCUT2D eigenvalue weighted by atomic mass is 35.7. The minimum Gasteiger partial charge on any atom is -0.207 e. The highest BCUT2D eigenvalue weighted by molar-refractivity contribution is 8.13. The lowest BCUT2D eigenvalue weighted by atomic mass is 10.1. The van der Waals surface area contributed by atoms with E-state index in [1.165, 1.54) is 6.07 Å². The van der Waals surface area contributed by atoms with Gasteiger partial charge in [0, 0.05) is 16.6 Å². The predicted molar refractivity (Wildman–Crippen MR) is 58.8 cm³/mol. The van der Waals surface area contributed by atoms with Crippen LogP contribution in [0.15, 0.2) is 17.0 Å². The van der Waals surface area contributed by atoms with Crippen molar-refractivity contribution in [2.24, 2.45) is 0 Å². The van der Waals surface area contributed by atoms with E-state index in [0.717, 1.165) is 6.07 Å². The number of nitrogens with zero attached hydrogens (tertiary/aromatic N) is 1. The molecule has 0 radical (unpaired) electrons. The summed E-state index contributed by atoms with van der Waals surface area (Å²) in [4.78, 5) is -0.281. The first kappa shape index (κ1) is 12.6. The van der Waals surface area contributed by atoms with Gasteiger partial charge in [-0.15, -0.1) is 11.6 Å². The van der Waals surface area contributed by atoms with Gasteiger partial charge in [-0.1, -0.05) is 11.6 Å². The number of hydrogen-bond acceptors (Lipinski definition) is 3. The van der Waals surface area contributed by atoms with Crippen molar-refractivity contribution in [1.29, 1.82) is 5.26 Å². The van der Waals surface area contributed by atoms with Crippen LogP contribution in [0.2, 0.25) is 5.02 Å². The molecule has 0 saturated carbocycles. The smallest absolute Gasteiger partial charge is 0.207 e. The van der Waals surface area contributed by atoms with Gasteiger partial charge in [-0.2, -0.15) is 5.26 Å². The minimum atomic E-state index is -3.94. The molecule has 1 aromatic rings. The molecule has 0 spiro atoms. The molecular weight excluding hydrogens is 281 g/mol. The van der Waals surface area contributed by atoms with Crippen molar-refractivity contribution >= 4 is 42.9 Å². The van der Waals surface area contributed by atoms with Crippen molar-refractivity contribution in [2.45, 2.75) is 10.8 Å². The molecule has 0 aliphatic heterocycles. The van der Waals surface area contributed by atoms with Crippen LogP contribution in [-0.4, -0.2) is 8.42 Å². The number of benzene rings is 1. The van der Waals surface area contributed by atoms with Crippen LogP contribution in [0.25, 0.3) is 0 Å². The van der Waals surface area contributed by atoms with Gasteiger partial charge in [-0.25, -0.2) is 8.42 Å². The number of halogens is 3. The van der Waals surface area contributed by atoms with E-state index in [4.69, 9.17) is 39.1 Å². The third-order valence-corrected chi connectivity index (χ3v) is 3.76. The van der Waals surface area contributed by atoms with E-state index in [1.54, 1.807) is 0 Å². The van der Waals surface area contributed by atoms with Gasteiger partial charge < -0.3 is 0 Å². The highest BCUT2D eigenvalue weighted by Gasteiger charge is 2.17. The van der Waals surface area contributed by atoms with Crippen LogP contribution in [0.3, 0.4) is 0 Å². The third kappa shape index (κ3) is 2.76. The first-order valence-corrected chi connectivity index (χ1v) is 6.85. The summed E-state index contributed by atoms with van der Waals surface area (Å²) in [5.74, 6) is 0.0746. The number of nitriles is 1. The summed E-state index contributed by atoms with van der Waals surface area (Å²) in [5, 5.41) is 8.70. The van der Waals surface area contributed by atoms with Crippen molar-refractivity contribution in [3.8, 4) is 6.07 Å². The minimum absolute atomic E-state index is 0.0420. The molecule has 15 heavy (non-hydrogen) atoms. The van der Waals surface area contributed by atoms with Gasteiger partial charge in [0.15, 0.2) is 0 Å².